The Morgan fingerprint density at radius 1 is 1.39 bits per heavy atom. The van der Waals surface area contributed by atoms with Crippen LogP contribution in [-0.2, 0) is 6.54 Å². The molecule has 4 nitrogen and oxygen atoms in total. The zero-order valence-corrected chi connectivity index (χ0v) is 11.8. The molecule has 0 aromatic carbocycles. The van der Waals surface area contributed by atoms with Crippen LogP contribution in [-0.4, -0.2) is 35.1 Å². The summed E-state index contributed by atoms with van der Waals surface area (Å²) in [4.78, 5) is 7.04. The van der Waals surface area contributed by atoms with E-state index in [0.29, 0.717) is 0 Å². The van der Waals surface area contributed by atoms with Crippen molar-refractivity contribution in [3.63, 3.8) is 0 Å². The van der Waals surface area contributed by atoms with Gasteiger partial charge in [-0.15, -0.1) is 0 Å². The van der Waals surface area contributed by atoms with Gasteiger partial charge in [0.15, 0.2) is 0 Å². The van der Waals surface area contributed by atoms with Gasteiger partial charge < -0.3 is 9.73 Å². The third kappa shape index (κ3) is 1.79. The standard InChI is InChI=1S/C14H23N3O/c1-9-10(2)18-13(16-9)8-17-7-11-5-15-6-12(11)14(17,3)4/h11-12,15H,5-8H2,1-4H3. The molecule has 2 saturated heterocycles. The second kappa shape index (κ2) is 4.07. The predicted octanol–water partition coefficient (Wildman–Crippen LogP) is 1.72. The molecule has 0 bridgehead atoms. The third-order valence-electron chi connectivity index (χ3n) is 4.92. The van der Waals surface area contributed by atoms with E-state index in [2.05, 4.69) is 29.0 Å². The van der Waals surface area contributed by atoms with Crippen molar-refractivity contribution in [2.75, 3.05) is 19.6 Å². The number of hydrogen-bond acceptors (Lipinski definition) is 4. The van der Waals surface area contributed by atoms with Gasteiger partial charge in [0.1, 0.15) is 5.76 Å². The van der Waals surface area contributed by atoms with E-state index < -0.39 is 0 Å². The largest absolute Gasteiger partial charge is 0.444 e. The molecule has 0 spiro atoms. The fourth-order valence-corrected chi connectivity index (χ4v) is 3.54. The van der Waals surface area contributed by atoms with E-state index in [1.807, 2.05) is 13.8 Å². The molecule has 2 fully saturated rings. The SMILES string of the molecule is Cc1nc(CN2CC3CNCC3C2(C)C)oc1C. The average molecular weight is 249 g/mol. The number of aromatic nitrogens is 1. The molecule has 0 radical (unpaired) electrons. The molecular weight excluding hydrogens is 226 g/mol. The fraction of sp³-hybridized carbons (Fsp3) is 0.786. The summed E-state index contributed by atoms with van der Waals surface area (Å²) in [5, 5.41) is 3.51. The van der Waals surface area contributed by atoms with E-state index in [1.165, 1.54) is 0 Å². The summed E-state index contributed by atoms with van der Waals surface area (Å²) in [5.41, 5.74) is 1.26. The van der Waals surface area contributed by atoms with Crippen molar-refractivity contribution in [1.29, 1.82) is 0 Å². The van der Waals surface area contributed by atoms with Gasteiger partial charge in [0.05, 0.1) is 12.2 Å². The first-order valence-electron chi connectivity index (χ1n) is 6.87. The highest BCUT2D eigenvalue weighted by Crippen LogP contribution is 2.41. The quantitative estimate of drug-likeness (QED) is 0.866. The van der Waals surface area contributed by atoms with Crippen LogP contribution in [0, 0.1) is 25.7 Å². The predicted molar refractivity (Wildman–Crippen MR) is 70.3 cm³/mol. The fourth-order valence-electron chi connectivity index (χ4n) is 3.54. The maximum absolute atomic E-state index is 5.72. The van der Waals surface area contributed by atoms with Crippen LogP contribution in [0.2, 0.25) is 0 Å². The summed E-state index contributed by atoms with van der Waals surface area (Å²) in [6.45, 7) is 13.0. The average Bonchev–Trinajstić information content (AvgIpc) is 2.91. The molecule has 0 amide bonds. The second-order valence-corrected chi connectivity index (χ2v) is 6.31. The van der Waals surface area contributed by atoms with Crippen LogP contribution in [0.3, 0.4) is 0 Å². The van der Waals surface area contributed by atoms with Crippen molar-refractivity contribution in [3.8, 4) is 0 Å². The summed E-state index contributed by atoms with van der Waals surface area (Å²) in [5.74, 6) is 3.36. The van der Waals surface area contributed by atoms with Gasteiger partial charge in [0.2, 0.25) is 5.89 Å². The lowest BCUT2D eigenvalue weighted by molar-refractivity contribution is 0.120. The Morgan fingerprint density at radius 2 is 2.17 bits per heavy atom. The van der Waals surface area contributed by atoms with Crippen LogP contribution in [0.1, 0.15) is 31.2 Å². The van der Waals surface area contributed by atoms with Gasteiger partial charge in [-0.3, -0.25) is 4.90 Å². The molecule has 18 heavy (non-hydrogen) atoms. The van der Waals surface area contributed by atoms with Crippen molar-refractivity contribution in [3.05, 3.63) is 17.3 Å². The summed E-state index contributed by atoms with van der Waals surface area (Å²) in [7, 11) is 0. The number of oxazole rings is 1. The number of fused-ring (bicyclic) bond motifs is 1. The first kappa shape index (κ1) is 12.2. The second-order valence-electron chi connectivity index (χ2n) is 6.31. The summed E-state index contributed by atoms with van der Waals surface area (Å²) in [6.07, 6.45) is 0. The first-order chi connectivity index (χ1) is 8.48. The minimum absolute atomic E-state index is 0.241. The summed E-state index contributed by atoms with van der Waals surface area (Å²) >= 11 is 0. The minimum atomic E-state index is 0.241. The van der Waals surface area contributed by atoms with Crippen molar-refractivity contribution >= 4 is 0 Å². The Labute approximate surface area is 109 Å². The number of aryl methyl sites for hydroxylation is 2. The van der Waals surface area contributed by atoms with Gasteiger partial charge in [0, 0.05) is 18.6 Å². The Kier molecular flexibility index (Phi) is 2.75. The van der Waals surface area contributed by atoms with E-state index in [9.17, 15) is 0 Å². The van der Waals surface area contributed by atoms with Gasteiger partial charge in [0.25, 0.3) is 0 Å². The van der Waals surface area contributed by atoms with Crippen molar-refractivity contribution < 1.29 is 4.42 Å². The molecule has 100 valence electrons. The van der Waals surface area contributed by atoms with Crippen LogP contribution in [0.15, 0.2) is 4.42 Å². The van der Waals surface area contributed by atoms with Crippen molar-refractivity contribution in [1.82, 2.24) is 15.2 Å². The molecule has 2 aliphatic heterocycles. The molecule has 2 aliphatic rings. The highest BCUT2D eigenvalue weighted by Gasteiger charge is 2.49. The molecule has 4 heteroatoms. The van der Waals surface area contributed by atoms with Crippen LogP contribution >= 0.6 is 0 Å². The van der Waals surface area contributed by atoms with Gasteiger partial charge >= 0.3 is 0 Å². The Hall–Kier alpha value is -0.870. The number of likely N-dealkylation sites (tertiary alicyclic amines) is 1. The smallest absolute Gasteiger partial charge is 0.208 e. The molecule has 1 aromatic heterocycles. The number of hydrogen-bond donors (Lipinski definition) is 1. The third-order valence-corrected chi connectivity index (χ3v) is 4.92. The molecular formula is C14H23N3O. The van der Waals surface area contributed by atoms with Crippen LogP contribution in [0.5, 0.6) is 0 Å². The highest BCUT2D eigenvalue weighted by molar-refractivity contribution is 5.08. The van der Waals surface area contributed by atoms with Crippen LogP contribution < -0.4 is 5.32 Å². The minimum Gasteiger partial charge on any atom is -0.444 e. The maximum atomic E-state index is 5.72. The molecule has 2 atom stereocenters. The summed E-state index contributed by atoms with van der Waals surface area (Å²) in [6, 6.07) is 0. The highest BCUT2D eigenvalue weighted by atomic mass is 16.4. The Bertz CT molecular complexity index is 432. The first-order valence-corrected chi connectivity index (χ1v) is 6.87. The number of nitrogens with one attached hydrogen (secondary N) is 1. The van der Waals surface area contributed by atoms with Crippen LogP contribution in [0.25, 0.3) is 0 Å². The van der Waals surface area contributed by atoms with Gasteiger partial charge in [-0.2, -0.15) is 0 Å². The normalized spacial score (nSPS) is 30.9. The zero-order valence-electron chi connectivity index (χ0n) is 11.8. The van der Waals surface area contributed by atoms with E-state index in [0.717, 1.165) is 55.4 Å². The van der Waals surface area contributed by atoms with E-state index in [1.54, 1.807) is 0 Å². The topological polar surface area (TPSA) is 41.3 Å². The molecule has 0 saturated carbocycles. The van der Waals surface area contributed by atoms with E-state index >= 15 is 0 Å². The Balaban J connectivity index is 1.77. The zero-order chi connectivity index (χ0) is 12.9. The lowest BCUT2D eigenvalue weighted by Crippen LogP contribution is -2.43. The van der Waals surface area contributed by atoms with Gasteiger partial charge in [-0.25, -0.2) is 4.98 Å². The maximum Gasteiger partial charge on any atom is 0.208 e. The summed E-state index contributed by atoms with van der Waals surface area (Å²) < 4.78 is 5.72. The number of nitrogens with zero attached hydrogens (tertiary/aromatic N) is 2. The van der Waals surface area contributed by atoms with E-state index in [4.69, 9.17) is 4.42 Å². The van der Waals surface area contributed by atoms with Crippen molar-refractivity contribution in [2.24, 2.45) is 11.8 Å². The van der Waals surface area contributed by atoms with Gasteiger partial charge in [-0.05, 0) is 46.1 Å². The Morgan fingerprint density at radius 3 is 2.78 bits per heavy atom. The molecule has 1 aromatic rings. The van der Waals surface area contributed by atoms with Crippen molar-refractivity contribution in [2.45, 2.75) is 39.8 Å². The molecule has 2 unspecified atom stereocenters. The molecule has 1 N–H and O–H groups in total. The molecule has 3 heterocycles. The van der Waals surface area contributed by atoms with Crippen LogP contribution in [0.4, 0.5) is 0 Å². The van der Waals surface area contributed by atoms with Gasteiger partial charge in [-0.1, -0.05) is 0 Å². The molecule has 3 rings (SSSR count). The lowest BCUT2D eigenvalue weighted by atomic mass is 9.85. The monoisotopic (exact) mass is 249 g/mol. The lowest BCUT2D eigenvalue weighted by Gasteiger charge is -2.34. The number of rotatable bonds is 2. The molecule has 0 aliphatic carbocycles. The van der Waals surface area contributed by atoms with E-state index in [-0.39, 0.29) is 5.54 Å².